The number of carbonyl (C=O) groups is 1. The SMILES string of the molecule is Cc1cc(=O)c(O)c(C(CC(=O)N2CCc3c([nH]c4ccccc34)C2)c2cccc3nccnc23)o1. The minimum absolute atomic E-state index is 0.00516. The van der Waals surface area contributed by atoms with E-state index in [1.165, 1.54) is 17.0 Å². The number of aromatic amines is 1. The summed E-state index contributed by atoms with van der Waals surface area (Å²) in [6.45, 7) is 2.70. The molecule has 0 saturated heterocycles. The summed E-state index contributed by atoms with van der Waals surface area (Å²) in [5, 5.41) is 11.9. The minimum atomic E-state index is -0.713. The Morgan fingerprint density at radius 2 is 2.00 bits per heavy atom. The second-order valence-corrected chi connectivity index (χ2v) is 9.16. The van der Waals surface area contributed by atoms with E-state index in [0.29, 0.717) is 35.4 Å². The third-order valence-electron chi connectivity index (χ3n) is 6.91. The summed E-state index contributed by atoms with van der Waals surface area (Å²) in [5.74, 6) is -0.883. The van der Waals surface area contributed by atoms with Crippen molar-refractivity contribution in [3.05, 3.63) is 99.5 Å². The predicted octanol–water partition coefficient (Wildman–Crippen LogP) is 4.19. The van der Waals surface area contributed by atoms with Gasteiger partial charge in [-0.25, -0.2) is 0 Å². The Kier molecular flexibility index (Phi) is 5.29. The van der Waals surface area contributed by atoms with Crippen LogP contribution in [0.1, 0.15) is 40.7 Å². The number of carbonyl (C=O) groups excluding carboxylic acids is 1. The molecule has 1 atom stereocenters. The zero-order valence-electron chi connectivity index (χ0n) is 19.7. The first-order valence-electron chi connectivity index (χ1n) is 11.9. The lowest BCUT2D eigenvalue weighted by molar-refractivity contribution is -0.132. The highest BCUT2D eigenvalue weighted by molar-refractivity contribution is 5.86. The molecule has 1 aliphatic heterocycles. The lowest BCUT2D eigenvalue weighted by Crippen LogP contribution is -2.36. The molecule has 180 valence electrons. The van der Waals surface area contributed by atoms with Crippen LogP contribution in [0.2, 0.25) is 0 Å². The van der Waals surface area contributed by atoms with Gasteiger partial charge in [0.15, 0.2) is 5.76 Å². The molecule has 0 saturated carbocycles. The third-order valence-corrected chi connectivity index (χ3v) is 6.91. The number of fused-ring (bicyclic) bond motifs is 4. The molecule has 0 bridgehead atoms. The number of rotatable bonds is 4. The van der Waals surface area contributed by atoms with Gasteiger partial charge in [0.05, 0.1) is 23.5 Å². The fourth-order valence-corrected chi connectivity index (χ4v) is 5.21. The van der Waals surface area contributed by atoms with Gasteiger partial charge in [0.1, 0.15) is 5.76 Å². The van der Waals surface area contributed by atoms with Crippen molar-refractivity contribution in [3.63, 3.8) is 0 Å². The van der Waals surface area contributed by atoms with Gasteiger partial charge in [0.2, 0.25) is 17.1 Å². The molecule has 1 unspecified atom stereocenters. The van der Waals surface area contributed by atoms with Crippen LogP contribution < -0.4 is 5.43 Å². The van der Waals surface area contributed by atoms with Gasteiger partial charge >= 0.3 is 0 Å². The molecule has 8 heteroatoms. The number of aromatic nitrogens is 3. The molecule has 1 amide bonds. The third kappa shape index (κ3) is 3.71. The summed E-state index contributed by atoms with van der Waals surface area (Å²) >= 11 is 0. The summed E-state index contributed by atoms with van der Waals surface area (Å²) in [6, 6.07) is 14.9. The number of aromatic hydroxyl groups is 1. The Balaban J connectivity index is 1.39. The zero-order chi connectivity index (χ0) is 24.8. The molecular formula is C28H24N4O4. The molecule has 1 aliphatic rings. The number of H-pyrrole nitrogens is 1. The lowest BCUT2D eigenvalue weighted by atomic mass is 9.90. The first-order chi connectivity index (χ1) is 17.5. The molecule has 2 aromatic carbocycles. The number of aryl methyl sites for hydroxylation is 1. The molecule has 0 radical (unpaired) electrons. The minimum Gasteiger partial charge on any atom is -0.502 e. The van der Waals surface area contributed by atoms with Gasteiger partial charge in [-0.15, -0.1) is 0 Å². The summed E-state index contributed by atoms with van der Waals surface area (Å²) in [4.78, 5) is 40.2. The summed E-state index contributed by atoms with van der Waals surface area (Å²) in [7, 11) is 0. The van der Waals surface area contributed by atoms with Gasteiger partial charge in [-0.1, -0.05) is 30.3 Å². The highest BCUT2D eigenvalue weighted by Crippen LogP contribution is 2.37. The monoisotopic (exact) mass is 480 g/mol. The number of para-hydroxylation sites is 2. The standard InChI is InChI=1S/C28H24N4O4/c1-16-13-24(33)27(35)28(36-16)20(19-6-4-8-22-26(19)30-11-10-29-22)14-25(34)32-12-9-18-17-5-2-3-7-21(17)31-23(18)15-32/h2-8,10-11,13,20,31,35H,9,12,14-15H2,1H3. The molecule has 0 spiro atoms. The zero-order valence-corrected chi connectivity index (χ0v) is 19.7. The average Bonchev–Trinajstić information content (AvgIpc) is 3.27. The molecule has 36 heavy (non-hydrogen) atoms. The van der Waals surface area contributed by atoms with Crippen molar-refractivity contribution in [1.29, 1.82) is 0 Å². The first-order valence-corrected chi connectivity index (χ1v) is 11.9. The average molecular weight is 481 g/mol. The molecule has 2 N–H and O–H groups in total. The molecule has 6 rings (SSSR count). The quantitative estimate of drug-likeness (QED) is 0.399. The van der Waals surface area contributed by atoms with Crippen LogP contribution >= 0.6 is 0 Å². The molecule has 4 heterocycles. The van der Waals surface area contributed by atoms with Gasteiger partial charge in [0.25, 0.3) is 0 Å². The van der Waals surface area contributed by atoms with Crippen molar-refractivity contribution in [2.75, 3.05) is 6.54 Å². The van der Waals surface area contributed by atoms with Crippen LogP contribution in [0.5, 0.6) is 5.75 Å². The van der Waals surface area contributed by atoms with E-state index in [1.807, 2.05) is 41.3 Å². The van der Waals surface area contributed by atoms with Gasteiger partial charge in [0, 0.05) is 48.0 Å². The lowest BCUT2D eigenvalue weighted by Gasteiger charge is -2.29. The van der Waals surface area contributed by atoms with Crippen LogP contribution in [-0.2, 0) is 17.8 Å². The highest BCUT2D eigenvalue weighted by Gasteiger charge is 2.31. The van der Waals surface area contributed by atoms with Crippen molar-refractivity contribution < 1.29 is 14.3 Å². The van der Waals surface area contributed by atoms with Gasteiger partial charge in [-0.05, 0) is 36.6 Å². The molecule has 8 nitrogen and oxygen atoms in total. The Morgan fingerprint density at radius 3 is 2.89 bits per heavy atom. The number of benzene rings is 2. The summed E-state index contributed by atoms with van der Waals surface area (Å²) < 4.78 is 5.86. The van der Waals surface area contributed by atoms with Crippen LogP contribution in [-0.4, -0.2) is 37.4 Å². The second-order valence-electron chi connectivity index (χ2n) is 9.16. The van der Waals surface area contributed by atoms with Crippen LogP contribution in [0.15, 0.2) is 70.1 Å². The van der Waals surface area contributed by atoms with E-state index in [4.69, 9.17) is 4.42 Å². The Morgan fingerprint density at radius 1 is 1.17 bits per heavy atom. The number of nitrogens with one attached hydrogen (secondary N) is 1. The molecule has 0 aliphatic carbocycles. The van der Waals surface area contributed by atoms with E-state index < -0.39 is 17.1 Å². The Labute approximate surface area is 206 Å². The predicted molar refractivity (Wildman–Crippen MR) is 135 cm³/mol. The van der Waals surface area contributed by atoms with Crippen molar-refractivity contribution >= 4 is 27.8 Å². The summed E-state index contributed by atoms with van der Waals surface area (Å²) in [6.07, 6.45) is 3.94. The number of nitrogens with zero attached hydrogens (tertiary/aromatic N) is 3. The Bertz CT molecular complexity index is 1680. The normalized spacial score (nSPS) is 14.2. The van der Waals surface area contributed by atoms with E-state index in [0.717, 1.165) is 17.6 Å². The first kappa shape index (κ1) is 22.0. The van der Waals surface area contributed by atoms with Crippen molar-refractivity contribution in [3.8, 4) is 5.75 Å². The molecular weight excluding hydrogens is 456 g/mol. The molecule has 3 aromatic heterocycles. The van der Waals surface area contributed by atoms with Gasteiger partial charge in [-0.2, -0.15) is 0 Å². The summed E-state index contributed by atoms with van der Waals surface area (Å²) in [5.41, 5.74) is 4.72. The van der Waals surface area contributed by atoms with Crippen molar-refractivity contribution in [2.24, 2.45) is 0 Å². The van der Waals surface area contributed by atoms with Crippen LogP contribution in [0.3, 0.4) is 0 Å². The fraction of sp³-hybridized carbons (Fsp3) is 0.214. The van der Waals surface area contributed by atoms with E-state index in [-0.39, 0.29) is 18.1 Å². The maximum absolute atomic E-state index is 13.7. The maximum atomic E-state index is 13.7. The van der Waals surface area contributed by atoms with E-state index in [1.54, 1.807) is 19.3 Å². The van der Waals surface area contributed by atoms with E-state index in [9.17, 15) is 14.7 Å². The Hall–Kier alpha value is -4.46. The van der Waals surface area contributed by atoms with Crippen LogP contribution in [0.25, 0.3) is 21.9 Å². The van der Waals surface area contributed by atoms with Crippen LogP contribution in [0, 0.1) is 6.92 Å². The van der Waals surface area contributed by atoms with E-state index in [2.05, 4.69) is 21.0 Å². The largest absolute Gasteiger partial charge is 0.502 e. The fourth-order valence-electron chi connectivity index (χ4n) is 5.21. The second kappa shape index (κ2) is 8.64. The van der Waals surface area contributed by atoms with Gasteiger partial charge in [-0.3, -0.25) is 19.6 Å². The van der Waals surface area contributed by atoms with Crippen LogP contribution in [0.4, 0.5) is 0 Å². The van der Waals surface area contributed by atoms with Crippen molar-refractivity contribution in [1.82, 2.24) is 19.9 Å². The van der Waals surface area contributed by atoms with Crippen molar-refractivity contribution in [2.45, 2.75) is 32.2 Å². The van der Waals surface area contributed by atoms with E-state index >= 15 is 0 Å². The maximum Gasteiger partial charge on any atom is 0.227 e. The number of hydrogen-bond donors (Lipinski definition) is 2. The number of amides is 1. The smallest absolute Gasteiger partial charge is 0.227 e. The number of hydrogen-bond acceptors (Lipinski definition) is 6. The highest BCUT2D eigenvalue weighted by atomic mass is 16.4. The van der Waals surface area contributed by atoms with Gasteiger partial charge < -0.3 is 19.4 Å². The topological polar surface area (TPSA) is 112 Å². The molecule has 5 aromatic rings. The molecule has 0 fully saturated rings.